The van der Waals surface area contributed by atoms with E-state index < -0.39 is 12.1 Å². The van der Waals surface area contributed by atoms with Crippen LogP contribution in [0, 0.1) is 17.3 Å². The highest BCUT2D eigenvalue weighted by molar-refractivity contribution is 5.89. The molecule has 2 aliphatic carbocycles. The Kier molecular flexibility index (Phi) is 5.71. The van der Waals surface area contributed by atoms with Crippen LogP contribution in [0.2, 0.25) is 0 Å². The van der Waals surface area contributed by atoms with Crippen LogP contribution in [0.15, 0.2) is 0 Å². The third-order valence-corrected chi connectivity index (χ3v) is 5.22. The molecule has 2 saturated carbocycles. The molecule has 4 unspecified atom stereocenters. The third-order valence-electron chi connectivity index (χ3n) is 5.22. The van der Waals surface area contributed by atoms with Crippen LogP contribution in [0.4, 0.5) is 0 Å². The van der Waals surface area contributed by atoms with Gasteiger partial charge in [0.25, 0.3) is 0 Å². The summed E-state index contributed by atoms with van der Waals surface area (Å²) in [6.07, 6.45) is 5.27. The Labute approximate surface area is 139 Å². The van der Waals surface area contributed by atoms with Crippen molar-refractivity contribution in [3.8, 4) is 0 Å². The van der Waals surface area contributed by atoms with Gasteiger partial charge in [0.15, 0.2) is 0 Å². The van der Waals surface area contributed by atoms with E-state index in [1.54, 1.807) is 6.92 Å². The van der Waals surface area contributed by atoms with Gasteiger partial charge in [-0.2, -0.15) is 0 Å². The lowest BCUT2D eigenvalue weighted by Crippen LogP contribution is -2.57. The largest absolute Gasteiger partial charge is 0.391 e. The highest BCUT2D eigenvalue weighted by Crippen LogP contribution is 2.38. The number of hydrogen-bond donors (Lipinski definition) is 3. The molecule has 23 heavy (non-hydrogen) atoms. The van der Waals surface area contributed by atoms with E-state index in [0.29, 0.717) is 5.92 Å². The SMILES string of the molecule is CC(O)C(NC(=O)C1CC1)C(=O)NC1CCCCC1C(C)(C)C. The van der Waals surface area contributed by atoms with E-state index in [1.165, 1.54) is 6.42 Å². The second-order valence-corrected chi connectivity index (χ2v) is 8.37. The normalized spacial score (nSPS) is 27.9. The first-order chi connectivity index (χ1) is 10.7. The molecule has 0 bridgehead atoms. The molecule has 3 N–H and O–H groups in total. The van der Waals surface area contributed by atoms with E-state index in [9.17, 15) is 14.7 Å². The zero-order chi connectivity index (χ0) is 17.2. The standard InChI is InChI=1S/C18H32N2O3/c1-11(21)15(20-16(22)12-9-10-12)17(23)19-14-8-6-5-7-13(14)18(2,3)4/h11-15,21H,5-10H2,1-4H3,(H,19,23)(H,20,22). The molecular weight excluding hydrogens is 292 g/mol. The molecule has 0 spiro atoms. The average Bonchev–Trinajstić information content (AvgIpc) is 3.28. The Morgan fingerprint density at radius 1 is 1.09 bits per heavy atom. The summed E-state index contributed by atoms with van der Waals surface area (Å²) in [7, 11) is 0. The summed E-state index contributed by atoms with van der Waals surface area (Å²) in [4.78, 5) is 24.6. The molecule has 0 aromatic rings. The van der Waals surface area contributed by atoms with E-state index in [1.807, 2.05) is 0 Å². The maximum absolute atomic E-state index is 12.6. The van der Waals surface area contributed by atoms with Crippen LogP contribution in [-0.2, 0) is 9.59 Å². The van der Waals surface area contributed by atoms with Crippen molar-refractivity contribution in [1.82, 2.24) is 10.6 Å². The minimum absolute atomic E-state index is 0.0288. The molecule has 5 nitrogen and oxygen atoms in total. The first kappa shape index (κ1) is 18.2. The van der Waals surface area contributed by atoms with Gasteiger partial charge < -0.3 is 15.7 Å². The summed E-state index contributed by atoms with van der Waals surface area (Å²) in [6, 6.07) is -0.735. The molecule has 0 radical (unpaired) electrons. The Balaban J connectivity index is 1.99. The molecule has 132 valence electrons. The fourth-order valence-corrected chi connectivity index (χ4v) is 3.63. The van der Waals surface area contributed by atoms with E-state index >= 15 is 0 Å². The first-order valence-corrected chi connectivity index (χ1v) is 8.99. The molecular formula is C18H32N2O3. The minimum atomic E-state index is -0.894. The lowest BCUT2D eigenvalue weighted by molar-refractivity contribution is -0.133. The summed E-state index contributed by atoms with van der Waals surface area (Å²) in [5.41, 5.74) is 0.135. The minimum Gasteiger partial charge on any atom is -0.391 e. The van der Waals surface area contributed by atoms with Crippen LogP contribution in [0.25, 0.3) is 0 Å². The molecule has 0 heterocycles. The van der Waals surface area contributed by atoms with Crippen LogP contribution in [0.1, 0.15) is 66.2 Å². The number of carbonyl (C=O) groups is 2. The number of nitrogens with one attached hydrogen (secondary N) is 2. The van der Waals surface area contributed by atoms with Gasteiger partial charge in [0.05, 0.1) is 6.10 Å². The van der Waals surface area contributed by atoms with Crippen molar-refractivity contribution >= 4 is 11.8 Å². The topological polar surface area (TPSA) is 78.4 Å². The highest BCUT2D eigenvalue weighted by Gasteiger charge is 2.38. The van der Waals surface area contributed by atoms with Gasteiger partial charge in [0, 0.05) is 12.0 Å². The van der Waals surface area contributed by atoms with E-state index in [2.05, 4.69) is 31.4 Å². The van der Waals surface area contributed by atoms with Crippen LogP contribution >= 0.6 is 0 Å². The molecule has 0 aliphatic heterocycles. The van der Waals surface area contributed by atoms with Crippen molar-refractivity contribution in [2.45, 2.75) is 84.4 Å². The molecule has 4 atom stereocenters. The van der Waals surface area contributed by atoms with E-state index in [4.69, 9.17) is 0 Å². The molecule has 2 aliphatic rings. The fourth-order valence-electron chi connectivity index (χ4n) is 3.63. The monoisotopic (exact) mass is 324 g/mol. The van der Waals surface area contributed by atoms with Crippen LogP contribution < -0.4 is 10.6 Å². The van der Waals surface area contributed by atoms with Crippen molar-refractivity contribution in [1.29, 1.82) is 0 Å². The summed E-state index contributed by atoms with van der Waals surface area (Å²) in [6.45, 7) is 8.19. The Bertz CT molecular complexity index is 438. The van der Waals surface area contributed by atoms with Gasteiger partial charge in [-0.1, -0.05) is 33.6 Å². The fraction of sp³-hybridized carbons (Fsp3) is 0.889. The van der Waals surface area contributed by atoms with Gasteiger partial charge >= 0.3 is 0 Å². The lowest BCUT2D eigenvalue weighted by Gasteiger charge is -2.41. The first-order valence-electron chi connectivity index (χ1n) is 8.99. The number of carbonyl (C=O) groups excluding carboxylic acids is 2. The average molecular weight is 324 g/mol. The summed E-state index contributed by atoms with van der Waals surface area (Å²) in [5.74, 6) is 0.0900. The number of hydrogen-bond acceptors (Lipinski definition) is 3. The van der Waals surface area contributed by atoms with Crippen molar-refractivity contribution in [3.05, 3.63) is 0 Å². The number of aliphatic hydroxyl groups excluding tert-OH is 1. The molecule has 2 amide bonds. The van der Waals surface area contributed by atoms with Gasteiger partial charge in [-0.05, 0) is 43.9 Å². The second kappa shape index (κ2) is 7.20. The smallest absolute Gasteiger partial charge is 0.245 e. The maximum atomic E-state index is 12.6. The van der Waals surface area contributed by atoms with Gasteiger partial charge in [-0.3, -0.25) is 9.59 Å². The quantitative estimate of drug-likeness (QED) is 0.723. The lowest BCUT2D eigenvalue weighted by atomic mass is 9.69. The van der Waals surface area contributed by atoms with Crippen molar-refractivity contribution in [3.63, 3.8) is 0 Å². The van der Waals surface area contributed by atoms with Gasteiger partial charge in [-0.15, -0.1) is 0 Å². The zero-order valence-electron chi connectivity index (χ0n) is 14.9. The summed E-state index contributed by atoms with van der Waals surface area (Å²) < 4.78 is 0. The summed E-state index contributed by atoms with van der Waals surface area (Å²) in [5, 5.41) is 15.7. The van der Waals surface area contributed by atoms with Gasteiger partial charge in [0.2, 0.25) is 11.8 Å². The third kappa shape index (κ3) is 4.93. The molecule has 2 rings (SSSR count). The Morgan fingerprint density at radius 2 is 1.70 bits per heavy atom. The van der Waals surface area contributed by atoms with E-state index in [-0.39, 0.29) is 29.2 Å². The van der Waals surface area contributed by atoms with Crippen molar-refractivity contribution in [2.75, 3.05) is 0 Å². The number of rotatable bonds is 5. The van der Waals surface area contributed by atoms with Crippen molar-refractivity contribution < 1.29 is 14.7 Å². The van der Waals surface area contributed by atoms with Crippen LogP contribution in [0.3, 0.4) is 0 Å². The maximum Gasteiger partial charge on any atom is 0.245 e. The Morgan fingerprint density at radius 3 is 2.22 bits per heavy atom. The van der Waals surface area contributed by atoms with Crippen LogP contribution in [0.5, 0.6) is 0 Å². The zero-order valence-corrected chi connectivity index (χ0v) is 14.9. The Hall–Kier alpha value is -1.10. The van der Waals surface area contributed by atoms with E-state index in [0.717, 1.165) is 32.1 Å². The highest BCUT2D eigenvalue weighted by atomic mass is 16.3. The second-order valence-electron chi connectivity index (χ2n) is 8.37. The molecule has 2 fully saturated rings. The predicted octanol–water partition coefficient (Wildman–Crippen LogP) is 1.98. The predicted molar refractivity (Wildman–Crippen MR) is 89.7 cm³/mol. The van der Waals surface area contributed by atoms with Gasteiger partial charge in [0.1, 0.15) is 6.04 Å². The van der Waals surface area contributed by atoms with Crippen LogP contribution in [-0.4, -0.2) is 35.1 Å². The molecule has 0 aromatic heterocycles. The number of amides is 2. The van der Waals surface area contributed by atoms with Gasteiger partial charge in [-0.25, -0.2) is 0 Å². The molecule has 0 saturated heterocycles. The molecule has 5 heteroatoms. The molecule has 0 aromatic carbocycles. The summed E-state index contributed by atoms with van der Waals surface area (Å²) >= 11 is 0. The number of aliphatic hydroxyl groups is 1. The van der Waals surface area contributed by atoms with Crippen molar-refractivity contribution in [2.24, 2.45) is 17.3 Å².